The second-order valence-electron chi connectivity index (χ2n) is 7.84. The molecule has 0 saturated carbocycles. The molecule has 0 bridgehead atoms. The molecular formula is C26H19BrClFN2O5. The standard InChI is InChI=1S/C26H19BrClFN2O5/c1-14-8-18(6-7-20(14)27)31-25(33)19(24(32)30-26(31)34)10-16-11-21(28)23(22(12-16)35-2)36-13-15-4-3-5-17(29)9-15/h3-12H,13H2,1-2H3,(H,30,32,34)/b19-10+. The number of hydrogen-bond acceptors (Lipinski definition) is 5. The summed E-state index contributed by atoms with van der Waals surface area (Å²) in [6.45, 7) is 1.85. The van der Waals surface area contributed by atoms with E-state index in [0.29, 0.717) is 16.8 Å². The molecule has 0 unspecified atom stereocenters. The van der Waals surface area contributed by atoms with Crippen LogP contribution in [0.1, 0.15) is 16.7 Å². The average Bonchev–Trinajstić information content (AvgIpc) is 2.83. The van der Waals surface area contributed by atoms with Crippen LogP contribution in [0.4, 0.5) is 14.9 Å². The number of carbonyl (C=O) groups is 3. The topological polar surface area (TPSA) is 84.9 Å². The van der Waals surface area contributed by atoms with Gasteiger partial charge in [0.05, 0.1) is 17.8 Å². The first kappa shape index (κ1) is 25.4. The van der Waals surface area contributed by atoms with Crippen molar-refractivity contribution in [1.82, 2.24) is 5.32 Å². The highest BCUT2D eigenvalue weighted by Crippen LogP contribution is 2.38. The molecule has 1 heterocycles. The number of halogens is 3. The largest absolute Gasteiger partial charge is 0.493 e. The number of nitrogens with zero attached hydrogens (tertiary/aromatic N) is 1. The van der Waals surface area contributed by atoms with Crippen LogP contribution in [-0.4, -0.2) is 25.0 Å². The number of rotatable bonds is 6. The molecule has 184 valence electrons. The quantitative estimate of drug-likeness (QED) is 0.297. The summed E-state index contributed by atoms with van der Waals surface area (Å²) < 4.78 is 25.4. The number of hydrogen-bond donors (Lipinski definition) is 1. The van der Waals surface area contributed by atoms with Gasteiger partial charge in [0.1, 0.15) is 18.0 Å². The molecule has 1 aliphatic rings. The number of imide groups is 2. The number of benzene rings is 3. The van der Waals surface area contributed by atoms with Crippen molar-refractivity contribution in [2.45, 2.75) is 13.5 Å². The number of amides is 4. The van der Waals surface area contributed by atoms with Crippen molar-refractivity contribution in [2.24, 2.45) is 0 Å². The van der Waals surface area contributed by atoms with Gasteiger partial charge < -0.3 is 9.47 Å². The number of barbiturate groups is 1. The molecule has 0 aliphatic carbocycles. The zero-order chi connectivity index (χ0) is 26.0. The minimum absolute atomic E-state index is 0.0405. The van der Waals surface area contributed by atoms with Crippen LogP contribution < -0.4 is 19.7 Å². The Morgan fingerprint density at radius 1 is 1.11 bits per heavy atom. The average molecular weight is 574 g/mol. The summed E-state index contributed by atoms with van der Waals surface area (Å²) in [5, 5.41) is 2.34. The van der Waals surface area contributed by atoms with Gasteiger partial charge in [-0.15, -0.1) is 0 Å². The Balaban J connectivity index is 1.65. The summed E-state index contributed by atoms with van der Waals surface area (Å²) in [6, 6.07) is 13.1. The lowest BCUT2D eigenvalue weighted by Gasteiger charge is -2.26. The van der Waals surface area contributed by atoms with E-state index in [1.54, 1.807) is 30.3 Å². The molecule has 4 amide bonds. The van der Waals surface area contributed by atoms with Gasteiger partial charge in [0.15, 0.2) is 11.5 Å². The minimum Gasteiger partial charge on any atom is -0.493 e. The molecule has 0 atom stereocenters. The second-order valence-corrected chi connectivity index (χ2v) is 9.11. The normalized spacial score (nSPS) is 14.8. The maximum Gasteiger partial charge on any atom is 0.335 e. The van der Waals surface area contributed by atoms with Gasteiger partial charge in [-0.3, -0.25) is 14.9 Å². The van der Waals surface area contributed by atoms with Gasteiger partial charge in [-0.25, -0.2) is 14.1 Å². The van der Waals surface area contributed by atoms with E-state index in [2.05, 4.69) is 21.2 Å². The number of carbonyl (C=O) groups excluding carboxylic acids is 3. The number of ether oxygens (including phenoxy) is 2. The first-order valence-corrected chi connectivity index (χ1v) is 11.8. The van der Waals surface area contributed by atoms with Crippen molar-refractivity contribution in [3.63, 3.8) is 0 Å². The van der Waals surface area contributed by atoms with Crippen LogP contribution in [0.15, 0.2) is 64.6 Å². The van der Waals surface area contributed by atoms with Crippen molar-refractivity contribution in [1.29, 1.82) is 0 Å². The van der Waals surface area contributed by atoms with E-state index in [0.717, 1.165) is 14.9 Å². The molecule has 1 aliphatic heterocycles. The fraction of sp³-hybridized carbons (Fsp3) is 0.115. The Morgan fingerprint density at radius 3 is 2.58 bits per heavy atom. The van der Waals surface area contributed by atoms with Crippen molar-refractivity contribution >= 4 is 57.1 Å². The Bertz CT molecular complexity index is 1430. The molecule has 0 spiro atoms. The third-order valence-corrected chi connectivity index (χ3v) is 6.51. The first-order valence-electron chi connectivity index (χ1n) is 10.6. The Morgan fingerprint density at radius 2 is 1.89 bits per heavy atom. The summed E-state index contributed by atoms with van der Waals surface area (Å²) in [5.41, 5.74) is 1.82. The lowest BCUT2D eigenvalue weighted by molar-refractivity contribution is -0.122. The second kappa shape index (κ2) is 10.5. The number of urea groups is 1. The Kier molecular flexibility index (Phi) is 7.42. The highest BCUT2D eigenvalue weighted by atomic mass is 79.9. The molecule has 1 saturated heterocycles. The highest BCUT2D eigenvalue weighted by Gasteiger charge is 2.37. The van der Waals surface area contributed by atoms with Gasteiger partial charge in [0.25, 0.3) is 11.8 Å². The molecule has 0 aromatic heterocycles. The summed E-state index contributed by atoms with van der Waals surface area (Å²) in [4.78, 5) is 39.1. The van der Waals surface area contributed by atoms with Crippen LogP contribution in [0.25, 0.3) is 6.08 Å². The minimum atomic E-state index is -0.847. The summed E-state index contributed by atoms with van der Waals surface area (Å²) in [5.74, 6) is -1.56. The molecule has 3 aromatic carbocycles. The van der Waals surface area contributed by atoms with Crippen LogP contribution in [0, 0.1) is 12.7 Å². The van der Waals surface area contributed by atoms with Crippen LogP contribution in [0.3, 0.4) is 0 Å². The predicted molar refractivity (Wildman–Crippen MR) is 137 cm³/mol. The molecule has 1 fully saturated rings. The smallest absolute Gasteiger partial charge is 0.335 e. The number of nitrogens with one attached hydrogen (secondary N) is 1. The third kappa shape index (κ3) is 5.27. The summed E-state index contributed by atoms with van der Waals surface area (Å²) in [6.07, 6.45) is 1.31. The van der Waals surface area contributed by atoms with Crippen molar-refractivity contribution in [2.75, 3.05) is 12.0 Å². The van der Waals surface area contributed by atoms with Gasteiger partial charge in [0, 0.05) is 4.47 Å². The molecule has 36 heavy (non-hydrogen) atoms. The maximum absolute atomic E-state index is 13.5. The summed E-state index contributed by atoms with van der Waals surface area (Å²) >= 11 is 9.80. The van der Waals surface area contributed by atoms with Gasteiger partial charge in [-0.1, -0.05) is 39.7 Å². The molecule has 7 nitrogen and oxygen atoms in total. The summed E-state index contributed by atoms with van der Waals surface area (Å²) in [7, 11) is 1.41. The SMILES string of the molecule is COc1cc(/C=C2\C(=O)NC(=O)N(c3ccc(Br)c(C)c3)C2=O)cc(Cl)c1OCc1cccc(F)c1. The predicted octanol–water partition coefficient (Wildman–Crippen LogP) is 5.80. The van der Waals surface area contributed by atoms with Gasteiger partial charge in [0.2, 0.25) is 0 Å². The Hall–Kier alpha value is -3.69. The van der Waals surface area contributed by atoms with E-state index in [-0.39, 0.29) is 28.7 Å². The van der Waals surface area contributed by atoms with E-state index in [9.17, 15) is 18.8 Å². The van der Waals surface area contributed by atoms with Crippen molar-refractivity contribution in [3.8, 4) is 11.5 Å². The fourth-order valence-electron chi connectivity index (χ4n) is 3.57. The van der Waals surface area contributed by atoms with Crippen molar-refractivity contribution < 1.29 is 28.2 Å². The number of aryl methyl sites for hydroxylation is 1. The van der Waals surface area contributed by atoms with Crippen molar-refractivity contribution in [3.05, 3.63) is 92.2 Å². The number of methoxy groups -OCH3 is 1. The molecule has 0 radical (unpaired) electrons. The lowest BCUT2D eigenvalue weighted by Crippen LogP contribution is -2.54. The molecule has 3 aromatic rings. The zero-order valence-electron chi connectivity index (χ0n) is 19.1. The van der Waals surface area contributed by atoms with Gasteiger partial charge in [-0.05, 0) is 72.2 Å². The number of anilines is 1. The van der Waals surface area contributed by atoms with E-state index in [1.807, 2.05) is 6.92 Å². The maximum atomic E-state index is 13.5. The van der Waals surface area contributed by atoms with E-state index < -0.39 is 23.7 Å². The highest BCUT2D eigenvalue weighted by molar-refractivity contribution is 9.10. The fourth-order valence-corrected chi connectivity index (χ4v) is 4.09. The first-order chi connectivity index (χ1) is 17.2. The van der Waals surface area contributed by atoms with Crippen LogP contribution in [0.2, 0.25) is 5.02 Å². The third-order valence-electron chi connectivity index (χ3n) is 5.34. The van der Waals surface area contributed by atoms with Crippen LogP contribution >= 0.6 is 27.5 Å². The van der Waals surface area contributed by atoms with E-state index in [4.69, 9.17) is 21.1 Å². The van der Waals surface area contributed by atoms with Gasteiger partial charge in [-0.2, -0.15) is 0 Å². The van der Waals surface area contributed by atoms with E-state index >= 15 is 0 Å². The molecule has 1 N–H and O–H groups in total. The van der Waals surface area contributed by atoms with Gasteiger partial charge >= 0.3 is 6.03 Å². The van der Waals surface area contributed by atoms with E-state index in [1.165, 1.54) is 37.5 Å². The molecule has 10 heteroatoms. The monoisotopic (exact) mass is 572 g/mol. The van der Waals surface area contributed by atoms with Crippen LogP contribution in [-0.2, 0) is 16.2 Å². The molecular weight excluding hydrogens is 555 g/mol. The Labute approximate surface area is 219 Å². The zero-order valence-corrected chi connectivity index (χ0v) is 21.4. The lowest BCUT2D eigenvalue weighted by atomic mass is 10.1. The van der Waals surface area contributed by atoms with Crippen LogP contribution in [0.5, 0.6) is 11.5 Å². The molecule has 4 rings (SSSR count).